The van der Waals surface area contributed by atoms with E-state index in [0.29, 0.717) is 11.8 Å². The molecule has 4 unspecified atom stereocenters. The van der Waals surface area contributed by atoms with Gasteiger partial charge in [0, 0.05) is 17.1 Å². The highest BCUT2D eigenvalue weighted by atomic mass is 16.5. The van der Waals surface area contributed by atoms with Crippen molar-refractivity contribution in [3.63, 3.8) is 0 Å². The van der Waals surface area contributed by atoms with Crippen LogP contribution in [0.5, 0.6) is 5.75 Å². The van der Waals surface area contributed by atoms with Gasteiger partial charge in [0.1, 0.15) is 17.4 Å². The van der Waals surface area contributed by atoms with E-state index in [1.54, 1.807) is 0 Å². The molecule has 1 saturated carbocycles. The second kappa shape index (κ2) is 5.64. The van der Waals surface area contributed by atoms with Crippen LogP contribution >= 0.6 is 0 Å². The van der Waals surface area contributed by atoms with Crippen LogP contribution in [-0.4, -0.2) is 17.1 Å². The van der Waals surface area contributed by atoms with E-state index >= 15 is 0 Å². The maximum Gasteiger partial charge on any atom is 0.146 e. The first-order valence-electron chi connectivity index (χ1n) is 7.83. The minimum Gasteiger partial charge on any atom is -0.486 e. The van der Waals surface area contributed by atoms with Crippen molar-refractivity contribution in [2.24, 2.45) is 17.6 Å². The summed E-state index contributed by atoms with van der Waals surface area (Å²) in [5.74, 6) is 2.02. The summed E-state index contributed by atoms with van der Waals surface area (Å²) in [7, 11) is 0. The summed E-state index contributed by atoms with van der Waals surface area (Å²) < 4.78 is 6.31. The third-order valence-electron chi connectivity index (χ3n) is 4.52. The van der Waals surface area contributed by atoms with Crippen molar-refractivity contribution in [2.45, 2.75) is 45.8 Å². The number of pyridine rings is 1. The van der Waals surface area contributed by atoms with E-state index in [9.17, 15) is 0 Å². The van der Waals surface area contributed by atoms with Gasteiger partial charge in [-0.15, -0.1) is 0 Å². The number of benzene rings is 1. The topological polar surface area (TPSA) is 48.1 Å². The molecule has 3 nitrogen and oxygen atoms in total. The van der Waals surface area contributed by atoms with Gasteiger partial charge in [0.15, 0.2) is 0 Å². The smallest absolute Gasteiger partial charge is 0.146 e. The molecule has 112 valence electrons. The fourth-order valence-corrected chi connectivity index (χ4v) is 3.55. The second-order valence-corrected chi connectivity index (χ2v) is 6.58. The molecule has 1 aromatic heterocycles. The molecule has 3 rings (SSSR count). The molecule has 3 heteroatoms. The summed E-state index contributed by atoms with van der Waals surface area (Å²) >= 11 is 0. The first kappa shape index (κ1) is 14.3. The Morgan fingerprint density at radius 1 is 1.14 bits per heavy atom. The Hall–Kier alpha value is -1.61. The molecule has 1 fully saturated rings. The highest BCUT2D eigenvalue weighted by molar-refractivity contribution is 5.84. The Labute approximate surface area is 126 Å². The quantitative estimate of drug-likeness (QED) is 0.915. The second-order valence-electron chi connectivity index (χ2n) is 6.58. The van der Waals surface area contributed by atoms with E-state index in [1.807, 2.05) is 25.1 Å². The van der Waals surface area contributed by atoms with Gasteiger partial charge in [0.05, 0.1) is 0 Å². The molecule has 2 N–H and O–H groups in total. The highest BCUT2D eigenvalue weighted by Crippen LogP contribution is 2.33. The van der Waals surface area contributed by atoms with Gasteiger partial charge in [-0.25, -0.2) is 4.98 Å². The number of nitrogens with zero attached hydrogens (tertiary/aromatic N) is 1. The average molecular weight is 284 g/mol. The lowest BCUT2D eigenvalue weighted by Crippen LogP contribution is -2.48. The van der Waals surface area contributed by atoms with Gasteiger partial charge < -0.3 is 10.5 Å². The van der Waals surface area contributed by atoms with Crippen LogP contribution in [0.3, 0.4) is 0 Å². The molecule has 21 heavy (non-hydrogen) atoms. The first-order chi connectivity index (χ1) is 10.0. The monoisotopic (exact) mass is 284 g/mol. The maximum atomic E-state index is 6.34. The number of hydrogen-bond acceptors (Lipinski definition) is 3. The van der Waals surface area contributed by atoms with Gasteiger partial charge in [-0.1, -0.05) is 32.0 Å². The summed E-state index contributed by atoms with van der Waals surface area (Å²) in [5.41, 5.74) is 8.28. The molecule has 0 amide bonds. The van der Waals surface area contributed by atoms with Crippen LogP contribution in [-0.2, 0) is 0 Å². The van der Waals surface area contributed by atoms with Gasteiger partial charge in [0.2, 0.25) is 0 Å². The van der Waals surface area contributed by atoms with Crippen LogP contribution in [0.1, 0.15) is 32.4 Å². The molecule has 1 aliphatic rings. The number of ether oxygens (including phenoxy) is 1. The van der Waals surface area contributed by atoms with Crippen molar-refractivity contribution in [2.75, 3.05) is 0 Å². The lowest BCUT2D eigenvalue weighted by molar-refractivity contribution is 0.0637. The van der Waals surface area contributed by atoms with Gasteiger partial charge in [-0.3, -0.25) is 0 Å². The van der Waals surface area contributed by atoms with Crippen molar-refractivity contribution in [1.29, 1.82) is 0 Å². The fourth-order valence-electron chi connectivity index (χ4n) is 3.55. The summed E-state index contributed by atoms with van der Waals surface area (Å²) in [5, 5.41) is 1.11. The predicted molar refractivity (Wildman–Crippen MR) is 86.4 cm³/mol. The van der Waals surface area contributed by atoms with Crippen LogP contribution in [0, 0.1) is 18.8 Å². The Morgan fingerprint density at radius 3 is 2.71 bits per heavy atom. The summed E-state index contributed by atoms with van der Waals surface area (Å²) in [6.07, 6.45) is 2.29. The van der Waals surface area contributed by atoms with Crippen LogP contribution in [0.4, 0.5) is 0 Å². The zero-order chi connectivity index (χ0) is 15.0. The van der Waals surface area contributed by atoms with Crippen LogP contribution in [0.25, 0.3) is 10.9 Å². The molecular weight excluding hydrogens is 260 g/mol. The molecule has 1 heterocycles. The molecule has 0 saturated heterocycles. The molecule has 0 spiro atoms. The molecule has 4 atom stereocenters. The third-order valence-corrected chi connectivity index (χ3v) is 4.52. The SMILES string of the molecule is Cc1ccc2cccc(OC3C(C)CC(C)CC3N)c2n1. The highest BCUT2D eigenvalue weighted by Gasteiger charge is 2.33. The van der Waals surface area contributed by atoms with E-state index in [1.165, 1.54) is 6.42 Å². The number of aromatic nitrogens is 1. The number of fused-ring (bicyclic) bond motifs is 1. The van der Waals surface area contributed by atoms with Gasteiger partial charge >= 0.3 is 0 Å². The summed E-state index contributed by atoms with van der Waals surface area (Å²) in [4.78, 5) is 4.64. The molecule has 1 aliphatic carbocycles. The standard InChI is InChI=1S/C18H24N2O/c1-11-9-12(2)18(15(19)10-11)21-16-6-4-5-14-8-7-13(3)20-17(14)16/h4-8,11-12,15,18H,9-10,19H2,1-3H3. The van der Waals surface area contributed by atoms with Crippen molar-refractivity contribution >= 4 is 10.9 Å². The van der Waals surface area contributed by atoms with E-state index < -0.39 is 0 Å². The van der Waals surface area contributed by atoms with Gasteiger partial charge in [-0.2, -0.15) is 0 Å². The minimum atomic E-state index is 0.0779. The minimum absolute atomic E-state index is 0.0779. The number of nitrogens with two attached hydrogens (primary N) is 1. The van der Waals surface area contributed by atoms with E-state index in [0.717, 1.165) is 28.8 Å². The number of hydrogen-bond donors (Lipinski definition) is 1. The van der Waals surface area contributed by atoms with E-state index in [4.69, 9.17) is 10.5 Å². The molecule has 1 aromatic carbocycles. The molecule has 2 aromatic rings. The number of para-hydroxylation sites is 1. The average Bonchev–Trinajstić information content (AvgIpc) is 2.43. The van der Waals surface area contributed by atoms with Crippen molar-refractivity contribution in [1.82, 2.24) is 4.98 Å². The maximum absolute atomic E-state index is 6.34. The largest absolute Gasteiger partial charge is 0.486 e. The Morgan fingerprint density at radius 2 is 1.95 bits per heavy atom. The molecule has 0 bridgehead atoms. The van der Waals surface area contributed by atoms with Crippen molar-refractivity contribution in [3.8, 4) is 5.75 Å². The summed E-state index contributed by atoms with van der Waals surface area (Å²) in [6.45, 7) is 6.52. The molecular formula is C18H24N2O. The molecule has 0 aliphatic heterocycles. The lowest BCUT2D eigenvalue weighted by atomic mass is 9.78. The normalized spacial score (nSPS) is 29.5. The first-order valence-corrected chi connectivity index (χ1v) is 7.83. The number of rotatable bonds is 2. The van der Waals surface area contributed by atoms with Crippen LogP contribution in [0.15, 0.2) is 30.3 Å². The van der Waals surface area contributed by atoms with Gasteiger partial charge in [0.25, 0.3) is 0 Å². The van der Waals surface area contributed by atoms with E-state index in [-0.39, 0.29) is 12.1 Å². The van der Waals surface area contributed by atoms with Crippen molar-refractivity contribution < 1.29 is 4.74 Å². The molecule has 0 radical (unpaired) electrons. The van der Waals surface area contributed by atoms with Crippen molar-refractivity contribution in [3.05, 3.63) is 36.0 Å². The fraction of sp³-hybridized carbons (Fsp3) is 0.500. The Balaban J connectivity index is 1.92. The predicted octanol–water partition coefficient (Wildman–Crippen LogP) is 3.68. The van der Waals surface area contributed by atoms with Crippen LogP contribution < -0.4 is 10.5 Å². The van der Waals surface area contributed by atoms with E-state index in [2.05, 4.69) is 31.0 Å². The zero-order valence-electron chi connectivity index (χ0n) is 13.0. The Kier molecular flexibility index (Phi) is 3.85. The lowest BCUT2D eigenvalue weighted by Gasteiger charge is -2.37. The van der Waals surface area contributed by atoms with Gasteiger partial charge in [-0.05, 0) is 43.7 Å². The number of aryl methyl sites for hydroxylation is 1. The third kappa shape index (κ3) is 2.88. The zero-order valence-corrected chi connectivity index (χ0v) is 13.0. The Bertz CT molecular complexity index is 628. The summed E-state index contributed by atoms with van der Waals surface area (Å²) in [6, 6.07) is 10.3. The van der Waals surface area contributed by atoms with Crippen LogP contribution in [0.2, 0.25) is 0 Å².